The van der Waals surface area contributed by atoms with E-state index in [-0.39, 0.29) is 5.91 Å². The van der Waals surface area contributed by atoms with E-state index in [4.69, 9.17) is 10.2 Å². The van der Waals surface area contributed by atoms with E-state index in [0.717, 1.165) is 29.6 Å². The standard InChI is InChI=1S/C14H19N3O.C4H4O4/c1-16(2)9-10-17(3)14(18)12-6-4-5-11-7-8-15-13(11)12;5-3(6)1-2-4(7)8/h4-8,15H,9-10H2,1-3H3;1-2H,(H,5,6)(H,7,8)/b;2-1+. The first-order valence-electron chi connectivity index (χ1n) is 7.82. The zero-order valence-corrected chi connectivity index (χ0v) is 15.0. The Bertz CT molecular complexity index is 779. The Hall–Kier alpha value is -3.13. The summed E-state index contributed by atoms with van der Waals surface area (Å²) in [6.45, 7) is 1.59. The summed E-state index contributed by atoms with van der Waals surface area (Å²) in [5.41, 5.74) is 1.65. The van der Waals surface area contributed by atoms with Gasteiger partial charge < -0.3 is 25.0 Å². The number of hydrogen-bond donors (Lipinski definition) is 3. The minimum atomic E-state index is -1.26. The molecule has 0 spiro atoms. The predicted molar refractivity (Wildman–Crippen MR) is 98.2 cm³/mol. The SMILES string of the molecule is CN(C)CCN(C)C(=O)c1cccc2cc[nH]c12.O=C(O)/C=C/C(=O)O. The van der Waals surface area contributed by atoms with Crippen LogP contribution >= 0.6 is 0 Å². The molecule has 0 atom stereocenters. The number of carbonyl (C=O) groups excluding carboxylic acids is 1. The molecule has 0 saturated carbocycles. The molecular weight excluding hydrogens is 338 g/mol. The Morgan fingerprint density at radius 1 is 1.00 bits per heavy atom. The molecule has 2 rings (SSSR count). The molecule has 1 heterocycles. The van der Waals surface area contributed by atoms with E-state index in [1.165, 1.54) is 0 Å². The van der Waals surface area contributed by atoms with Crippen LogP contribution in [-0.4, -0.2) is 77.1 Å². The van der Waals surface area contributed by atoms with Crippen molar-refractivity contribution >= 4 is 28.7 Å². The van der Waals surface area contributed by atoms with Gasteiger partial charge in [0.1, 0.15) is 0 Å². The van der Waals surface area contributed by atoms with Crippen LogP contribution in [0.15, 0.2) is 42.6 Å². The number of para-hydroxylation sites is 1. The van der Waals surface area contributed by atoms with Gasteiger partial charge in [-0.15, -0.1) is 0 Å². The fourth-order valence-corrected chi connectivity index (χ4v) is 2.06. The molecule has 0 fully saturated rings. The molecule has 1 aromatic heterocycles. The number of aromatic nitrogens is 1. The van der Waals surface area contributed by atoms with E-state index < -0.39 is 11.9 Å². The number of amides is 1. The van der Waals surface area contributed by atoms with Crippen molar-refractivity contribution in [2.45, 2.75) is 0 Å². The van der Waals surface area contributed by atoms with Crippen molar-refractivity contribution in [3.63, 3.8) is 0 Å². The number of carbonyl (C=O) groups is 3. The van der Waals surface area contributed by atoms with Crippen LogP contribution in [0.4, 0.5) is 0 Å². The van der Waals surface area contributed by atoms with Crippen molar-refractivity contribution in [3.05, 3.63) is 48.2 Å². The van der Waals surface area contributed by atoms with Crippen LogP contribution < -0.4 is 0 Å². The fraction of sp³-hybridized carbons (Fsp3) is 0.278. The molecule has 2 aromatic rings. The summed E-state index contributed by atoms with van der Waals surface area (Å²) in [6.07, 6.45) is 2.98. The molecule has 3 N–H and O–H groups in total. The molecule has 0 saturated heterocycles. The number of H-pyrrole nitrogens is 1. The molecule has 0 aliphatic heterocycles. The summed E-state index contributed by atoms with van der Waals surface area (Å²) < 4.78 is 0. The van der Waals surface area contributed by atoms with Crippen molar-refractivity contribution in [2.24, 2.45) is 0 Å². The van der Waals surface area contributed by atoms with E-state index >= 15 is 0 Å². The molecule has 0 aliphatic carbocycles. The third kappa shape index (κ3) is 6.78. The highest BCUT2D eigenvalue weighted by Crippen LogP contribution is 2.18. The highest BCUT2D eigenvalue weighted by atomic mass is 16.4. The number of rotatable bonds is 6. The van der Waals surface area contributed by atoms with Gasteiger partial charge in [0.05, 0.1) is 11.1 Å². The van der Waals surface area contributed by atoms with Crippen molar-refractivity contribution in [3.8, 4) is 0 Å². The van der Waals surface area contributed by atoms with Gasteiger partial charge in [-0.1, -0.05) is 12.1 Å². The quantitative estimate of drug-likeness (QED) is 0.672. The van der Waals surface area contributed by atoms with Crippen LogP contribution in [-0.2, 0) is 9.59 Å². The molecule has 26 heavy (non-hydrogen) atoms. The number of nitrogens with zero attached hydrogens (tertiary/aromatic N) is 2. The zero-order chi connectivity index (χ0) is 19.7. The monoisotopic (exact) mass is 361 g/mol. The van der Waals surface area contributed by atoms with Crippen molar-refractivity contribution in [2.75, 3.05) is 34.2 Å². The number of fused-ring (bicyclic) bond motifs is 1. The number of hydrogen-bond acceptors (Lipinski definition) is 4. The van der Waals surface area contributed by atoms with Gasteiger partial charge in [0.2, 0.25) is 0 Å². The Kier molecular flexibility index (Phi) is 8.04. The zero-order valence-electron chi connectivity index (χ0n) is 15.0. The second kappa shape index (κ2) is 10.00. The molecule has 0 aliphatic rings. The normalized spacial score (nSPS) is 10.6. The highest BCUT2D eigenvalue weighted by molar-refractivity contribution is 6.05. The van der Waals surface area contributed by atoms with Crippen LogP contribution in [0, 0.1) is 0 Å². The van der Waals surface area contributed by atoms with E-state index in [0.29, 0.717) is 12.2 Å². The first-order chi connectivity index (χ1) is 12.2. The third-order valence-corrected chi connectivity index (χ3v) is 3.42. The number of aliphatic carboxylic acids is 2. The maximum Gasteiger partial charge on any atom is 0.328 e. The maximum atomic E-state index is 12.4. The molecule has 1 aromatic carbocycles. The minimum Gasteiger partial charge on any atom is -0.478 e. The number of carboxylic acid groups (broad SMARTS) is 2. The summed E-state index contributed by atoms with van der Waals surface area (Å²) in [5, 5.41) is 16.7. The van der Waals surface area contributed by atoms with Crippen molar-refractivity contribution < 1.29 is 24.6 Å². The van der Waals surface area contributed by atoms with Gasteiger partial charge in [0, 0.05) is 43.9 Å². The summed E-state index contributed by atoms with van der Waals surface area (Å²) in [7, 11) is 5.85. The molecular formula is C18H23N3O5. The lowest BCUT2D eigenvalue weighted by atomic mass is 10.1. The lowest BCUT2D eigenvalue weighted by Gasteiger charge is -2.20. The van der Waals surface area contributed by atoms with Gasteiger partial charge in [0.15, 0.2) is 0 Å². The molecule has 8 nitrogen and oxygen atoms in total. The first-order valence-corrected chi connectivity index (χ1v) is 7.82. The van der Waals surface area contributed by atoms with Crippen LogP contribution in [0.5, 0.6) is 0 Å². The number of nitrogens with one attached hydrogen (secondary N) is 1. The van der Waals surface area contributed by atoms with Crippen molar-refractivity contribution in [1.82, 2.24) is 14.8 Å². The lowest BCUT2D eigenvalue weighted by molar-refractivity contribution is -0.134. The topological polar surface area (TPSA) is 114 Å². The van der Waals surface area contributed by atoms with Crippen LogP contribution in [0.1, 0.15) is 10.4 Å². The summed E-state index contributed by atoms with van der Waals surface area (Å²) in [4.78, 5) is 38.4. The van der Waals surface area contributed by atoms with E-state index in [9.17, 15) is 14.4 Å². The van der Waals surface area contributed by atoms with Crippen LogP contribution in [0.2, 0.25) is 0 Å². The molecule has 0 bridgehead atoms. The average Bonchev–Trinajstić information content (AvgIpc) is 3.06. The summed E-state index contributed by atoms with van der Waals surface area (Å²) >= 11 is 0. The molecule has 1 amide bonds. The molecule has 140 valence electrons. The molecule has 0 radical (unpaired) electrons. The Balaban J connectivity index is 0.000000359. The Morgan fingerprint density at radius 2 is 1.62 bits per heavy atom. The average molecular weight is 361 g/mol. The van der Waals surface area contributed by atoms with Crippen LogP contribution in [0.25, 0.3) is 10.9 Å². The van der Waals surface area contributed by atoms with Gasteiger partial charge in [-0.05, 0) is 26.2 Å². The second-order valence-electron chi connectivity index (χ2n) is 5.79. The predicted octanol–water partition coefficient (Wildman–Crippen LogP) is 1.51. The van der Waals surface area contributed by atoms with E-state index in [1.54, 1.807) is 4.90 Å². The smallest absolute Gasteiger partial charge is 0.328 e. The Morgan fingerprint density at radius 3 is 2.15 bits per heavy atom. The lowest BCUT2D eigenvalue weighted by Crippen LogP contribution is -2.33. The number of carboxylic acids is 2. The van der Waals surface area contributed by atoms with E-state index in [1.807, 2.05) is 51.6 Å². The minimum absolute atomic E-state index is 0.0601. The third-order valence-electron chi connectivity index (χ3n) is 3.42. The van der Waals surface area contributed by atoms with Gasteiger partial charge in [-0.2, -0.15) is 0 Å². The largest absolute Gasteiger partial charge is 0.478 e. The van der Waals surface area contributed by atoms with Gasteiger partial charge >= 0.3 is 11.9 Å². The number of aromatic amines is 1. The van der Waals surface area contributed by atoms with E-state index in [2.05, 4.69) is 9.88 Å². The molecule has 8 heteroatoms. The van der Waals surface area contributed by atoms with Gasteiger partial charge in [0.25, 0.3) is 5.91 Å². The number of benzene rings is 1. The fourth-order valence-electron chi connectivity index (χ4n) is 2.06. The summed E-state index contributed by atoms with van der Waals surface area (Å²) in [5.74, 6) is -2.45. The molecule has 0 unspecified atom stereocenters. The van der Waals surface area contributed by atoms with Crippen LogP contribution in [0.3, 0.4) is 0 Å². The summed E-state index contributed by atoms with van der Waals surface area (Å²) in [6, 6.07) is 7.77. The number of likely N-dealkylation sites (N-methyl/N-ethyl adjacent to an activating group) is 2. The maximum absolute atomic E-state index is 12.4. The first kappa shape index (κ1) is 20.9. The van der Waals surface area contributed by atoms with Gasteiger partial charge in [-0.3, -0.25) is 4.79 Å². The van der Waals surface area contributed by atoms with Gasteiger partial charge in [-0.25, -0.2) is 9.59 Å². The Labute approximate surface area is 151 Å². The van der Waals surface area contributed by atoms with Crippen molar-refractivity contribution in [1.29, 1.82) is 0 Å². The highest BCUT2D eigenvalue weighted by Gasteiger charge is 2.14. The second-order valence-corrected chi connectivity index (χ2v) is 5.79.